The SMILES string of the molecule is CC(C)S(=O)(=O)N[C@@H](CC(=O)O)C(=O)O. The minimum absolute atomic E-state index is 0.790. The van der Waals surface area contributed by atoms with Crippen molar-refractivity contribution >= 4 is 22.0 Å². The van der Waals surface area contributed by atoms with E-state index in [4.69, 9.17) is 10.2 Å². The molecule has 7 nitrogen and oxygen atoms in total. The molecule has 0 aromatic rings. The Morgan fingerprint density at radius 3 is 2.00 bits per heavy atom. The fourth-order valence-corrected chi connectivity index (χ4v) is 1.54. The molecule has 0 saturated carbocycles. The van der Waals surface area contributed by atoms with Crippen LogP contribution >= 0.6 is 0 Å². The summed E-state index contributed by atoms with van der Waals surface area (Å²) in [5, 5.41) is 16.1. The van der Waals surface area contributed by atoms with Crippen LogP contribution in [0.15, 0.2) is 0 Å². The number of nitrogens with one attached hydrogen (secondary N) is 1. The average molecular weight is 239 g/mol. The van der Waals surface area contributed by atoms with Gasteiger partial charge in [-0.15, -0.1) is 0 Å². The maximum Gasteiger partial charge on any atom is 0.322 e. The third kappa shape index (κ3) is 4.75. The van der Waals surface area contributed by atoms with Crippen LogP contribution in [0.5, 0.6) is 0 Å². The topological polar surface area (TPSA) is 121 Å². The van der Waals surface area contributed by atoms with Gasteiger partial charge < -0.3 is 10.2 Å². The Morgan fingerprint density at radius 1 is 1.27 bits per heavy atom. The van der Waals surface area contributed by atoms with E-state index in [9.17, 15) is 18.0 Å². The molecular weight excluding hydrogens is 226 g/mol. The molecule has 3 N–H and O–H groups in total. The van der Waals surface area contributed by atoms with E-state index in [1.165, 1.54) is 13.8 Å². The van der Waals surface area contributed by atoms with Gasteiger partial charge in [-0.25, -0.2) is 13.1 Å². The zero-order valence-corrected chi connectivity index (χ0v) is 9.11. The molecule has 0 unspecified atom stereocenters. The molecule has 0 aliphatic rings. The zero-order valence-electron chi connectivity index (χ0n) is 8.30. The summed E-state index contributed by atoms with van der Waals surface area (Å²) in [5.41, 5.74) is 0. The molecule has 0 radical (unpaired) electrons. The van der Waals surface area contributed by atoms with Crippen molar-refractivity contribution in [2.45, 2.75) is 31.6 Å². The van der Waals surface area contributed by atoms with Crippen molar-refractivity contribution < 1.29 is 28.2 Å². The lowest BCUT2D eigenvalue weighted by atomic mass is 10.2. The first-order valence-corrected chi connectivity index (χ1v) is 5.67. The van der Waals surface area contributed by atoms with Crippen LogP contribution in [0.25, 0.3) is 0 Å². The minimum Gasteiger partial charge on any atom is -0.481 e. The fourth-order valence-electron chi connectivity index (χ4n) is 0.688. The van der Waals surface area contributed by atoms with Crippen LogP contribution in [-0.2, 0) is 19.6 Å². The quantitative estimate of drug-likeness (QED) is 0.560. The largest absolute Gasteiger partial charge is 0.481 e. The van der Waals surface area contributed by atoms with Crippen molar-refractivity contribution in [2.75, 3.05) is 0 Å². The van der Waals surface area contributed by atoms with Gasteiger partial charge in [0.2, 0.25) is 10.0 Å². The van der Waals surface area contributed by atoms with Crippen LogP contribution in [0, 0.1) is 0 Å². The summed E-state index contributed by atoms with van der Waals surface area (Å²) < 4.78 is 24.3. The Hall–Kier alpha value is -1.15. The van der Waals surface area contributed by atoms with Crippen LogP contribution < -0.4 is 4.72 Å². The lowest BCUT2D eigenvalue weighted by molar-refractivity contribution is -0.145. The first-order chi connectivity index (χ1) is 6.66. The van der Waals surface area contributed by atoms with Crippen molar-refractivity contribution in [3.8, 4) is 0 Å². The second-order valence-corrected chi connectivity index (χ2v) is 5.47. The summed E-state index contributed by atoms with van der Waals surface area (Å²) in [7, 11) is -3.78. The van der Waals surface area contributed by atoms with E-state index in [2.05, 4.69) is 0 Å². The van der Waals surface area contributed by atoms with Gasteiger partial charge in [0.15, 0.2) is 0 Å². The van der Waals surface area contributed by atoms with Crippen molar-refractivity contribution in [1.29, 1.82) is 0 Å². The van der Waals surface area contributed by atoms with Crippen molar-refractivity contribution in [1.82, 2.24) is 4.72 Å². The van der Waals surface area contributed by atoms with E-state index >= 15 is 0 Å². The maximum absolute atomic E-state index is 11.3. The lowest BCUT2D eigenvalue weighted by Gasteiger charge is -2.14. The molecule has 0 fully saturated rings. The summed E-state index contributed by atoms with van der Waals surface area (Å²) in [5.74, 6) is -2.89. The minimum atomic E-state index is -3.78. The van der Waals surface area contributed by atoms with E-state index < -0.39 is 39.7 Å². The molecule has 15 heavy (non-hydrogen) atoms. The first kappa shape index (κ1) is 13.8. The third-order valence-corrected chi connectivity index (χ3v) is 3.46. The molecule has 0 saturated heterocycles. The fraction of sp³-hybridized carbons (Fsp3) is 0.714. The highest BCUT2D eigenvalue weighted by molar-refractivity contribution is 7.90. The summed E-state index contributed by atoms with van der Waals surface area (Å²) in [6.07, 6.45) is -0.790. The van der Waals surface area contributed by atoms with E-state index in [0.717, 1.165) is 0 Å². The highest BCUT2D eigenvalue weighted by atomic mass is 32.2. The van der Waals surface area contributed by atoms with Gasteiger partial charge in [-0.05, 0) is 13.8 Å². The molecule has 0 aromatic carbocycles. The van der Waals surface area contributed by atoms with Crippen molar-refractivity contribution in [3.63, 3.8) is 0 Å². The number of carbonyl (C=O) groups is 2. The molecule has 8 heteroatoms. The van der Waals surface area contributed by atoms with Gasteiger partial charge >= 0.3 is 11.9 Å². The summed E-state index contributed by atoms with van der Waals surface area (Å²) in [4.78, 5) is 20.8. The van der Waals surface area contributed by atoms with Gasteiger partial charge in [-0.2, -0.15) is 0 Å². The summed E-state index contributed by atoms with van der Waals surface area (Å²) >= 11 is 0. The third-order valence-electron chi connectivity index (χ3n) is 1.60. The van der Waals surface area contributed by atoms with E-state index in [0.29, 0.717) is 0 Å². The Labute approximate surface area is 87.2 Å². The van der Waals surface area contributed by atoms with E-state index in [1.54, 1.807) is 0 Å². The second-order valence-electron chi connectivity index (χ2n) is 3.20. The molecule has 0 bridgehead atoms. The Balaban J connectivity index is 4.70. The Kier molecular flexibility index (Phi) is 4.69. The van der Waals surface area contributed by atoms with E-state index in [-0.39, 0.29) is 0 Å². The van der Waals surface area contributed by atoms with Gasteiger partial charge in [-0.3, -0.25) is 9.59 Å². The average Bonchev–Trinajstić information content (AvgIpc) is 2.01. The van der Waals surface area contributed by atoms with Gasteiger partial charge in [0, 0.05) is 0 Å². The van der Waals surface area contributed by atoms with Gasteiger partial charge in [0.1, 0.15) is 6.04 Å². The predicted octanol–water partition coefficient (Wildman–Crippen LogP) is -0.758. The molecule has 0 spiro atoms. The molecule has 1 atom stereocenters. The second kappa shape index (κ2) is 5.08. The molecular formula is C7H13NO6S. The molecule has 0 rings (SSSR count). The Bertz CT molecular complexity index is 346. The standard InChI is InChI=1S/C7H13NO6S/c1-4(2)15(13,14)8-5(7(11)12)3-6(9)10/h4-5,8H,3H2,1-2H3,(H,9,10)(H,11,12)/t5-/m0/s1. The van der Waals surface area contributed by atoms with Crippen LogP contribution in [0.3, 0.4) is 0 Å². The van der Waals surface area contributed by atoms with Crippen molar-refractivity contribution in [3.05, 3.63) is 0 Å². The maximum atomic E-state index is 11.3. The lowest BCUT2D eigenvalue weighted by Crippen LogP contribution is -2.44. The highest BCUT2D eigenvalue weighted by Crippen LogP contribution is 2.01. The van der Waals surface area contributed by atoms with Crippen LogP contribution in [-0.4, -0.2) is 41.9 Å². The van der Waals surface area contributed by atoms with E-state index in [1.807, 2.05) is 4.72 Å². The van der Waals surface area contributed by atoms with Crippen molar-refractivity contribution in [2.24, 2.45) is 0 Å². The molecule has 0 aromatic heterocycles. The number of hydrogen-bond acceptors (Lipinski definition) is 4. The summed E-state index contributed by atoms with van der Waals surface area (Å²) in [6.45, 7) is 2.73. The first-order valence-electron chi connectivity index (χ1n) is 4.12. The number of carboxylic acids is 2. The predicted molar refractivity (Wildman–Crippen MR) is 50.9 cm³/mol. The molecule has 0 aliphatic heterocycles. The zero-order chi connectivity index (χ0) is 12.2. The van der Waals surface area contributed by atoms with Gasteiger partial charge in [0.05, 0.1) is 11.7 Å². The molecule has 0 aliphatic carbocycles. The van der Waals surface area contributed by atoms with Crippen LogP contribution in [0.2, 0.25) is 0 Å². The normalized spacial score (nSPS) is 13.8. The molecule has 0 heterocycles. The number of sulfonamides is 1. The number of rotatable bonds is 6. The smallest absolute Gasteiger partial charge is 0.322 e. The van der Waals surface area contributed by atoms with Crippen LogP contribution in [0.4, 0.5) is 0 Å². The highest BCUT2D eigenvalue weighted by Gasteiger charge is 2.27. The number of carboxylic acid groups (broad SMARTS) is 2. The Morgan fingerprint density at radius 2 is 1.73 bits per heavy atom. The number of hydrogen-bond donors (Lipinski definition) is 3. The van der Waals surface area contributed by atoms with Gasteiger partial charge in [-0.1, -0.05) is 0 Å². The molecule has 0 amide bonds. The van der Waals surface area contributed by atoms with Crippen LogP contribution in [0.1, 0.15) is 20.3 Å². The molecule has 88 valence electrons. The number of aliphatic carboxylic acids is 2. The summed E-state index contributed by atoms with van der Waals surface area (Å²) in [6, 6.07) is -1.63. The van der Waals surface area contributed by atoms with Gasteiger partial charge in [0.25, 0.3) is 0 Å². The monoisotopic (exact) mass is 239 g/mol.